The van der Waals surface area contributed by atoms with Crippen molar-refractivity contribution in [1.82, 2.24) is 10.1 Å². The molecule has 0 amide bonds. The number of nitrogens with zero attached hydrogens (tertiary/aromatic N) is 2. The number of ether oxygens (including phenoxy) is 1. The lowest BCUT2D eigenvalue weighted by Crippen LogP contribution is -1.96. The van der Waals surface area contributed by atoms with Gasteiger partial charge < -0.3 is 9.26 Å². The maximum absolute atomic E-state index is 5.63. The largest absolute Gasteiger partial charge is 0.483 e. The predicted octanol–water partition coefficient (Wildman–Crippen LogP) is 4.90. The highest BCUT2D eigenvalue weighted by Crippen LogP contribution is 2.28. The van der Waals surface area contributed by atoms with E-state index in [1.54, 1.807) is 11.3 Å². The van der Waals surface area contributed by atoms with Crippen molar-refractivity contribution in [3.05, 3.63) is 50.5 Å². The van der Waals surface area contributed by atoms with Gasteiger partial charge in [0.1, 0.15) is 5.75 Å². The number of halogens is 2. The van der Waals surface area contributed by atoms with E-state index in [0.29, 0.717) is 11.7 Å². The maximum atomic E-state index is 5.63. The molecule has 2 heterocycles. The van der Waals surface area contributed by atoms with Crippen LogP contribution >= 0.6 is 43.2 Å². The zero-order chi connectivity index (χ0) is 13.9. The number of thiophene rings is 1. The van der Waals surface area contributed by atoms with Gasteiger partial charge in [-0.3, -0.25) is 0 Å². The van der Waals surface area contributed by atoms with Crippen molar-refractivity contribution in [3.8, 4) is 16.5 Å². The van der Waals surface area contributed by atoms with Gasteiger partial charge in [-0.25, -0.2) is 0 Å². The molecule has 20 heavy (non-hydrogen) atoms. The smallest absolute Gasteiger partial charge is 0.264 e. The summed E-state index contributed by atoms with van der Waals surface area (Å²) >= 11 is 8.37. The third-order valence-corrected chi connectivity index (χ3v) is 4.79. The van der Waals surface area contributed by atoms with Crippen molar-refractivity contribution < 1.29 is 9.26 Å². The van der Waals surface area contributed by atoms with Crippen LogP contribution in [0.3, 0.4) is 0 Å². The second-order valence-corrected chi connectivity index (χ2v) is 6.54. The Labute approximate surface area is 136 Å². The first-order valence-electron chi connectivity index (χ1n) is 5.67. The standard InChI is InChI=1S/C13H8Br2N2O2S/c14-8-5-11(20-7-8)13-16-12(19-17-13)6-18-10-4-2-1-3-9(10)15/h1-5,7H,6H2. The number of hydrogen-bond acceptors (Lipinski definition) is 5. The fourth-order valence-corrected chi connectivity index (χ4v) is 3.30. The molecule has 4 nitrogen and oxygen atoms in total. The average Bonchev–Trinajstić information content (AvgIpc) is 3.06. The first-order valence-corrected chi connectivity index (χ1v) is 8.13. The second-order valence-electron chi connectivity index (χ2n) is 3.86. The molecule has 7 heteroatoms. The van der Waals surface area contributed by atoms with E-state index in [0.717, 1.165) is 19.6 Å². The van der Waals surface area contributed by atoms with E-state index in [-0.39, 0.29) is 6.61 Å². The summed E-state index contributed by atoms with van der Waals surface area (Å²) in [4.78, 5) is 5.26. The van der Waals surface area contributed by atoms with E-state index in [4.69, 9.17) is 9.26 Å². The minimum Gasteiger partial charge on any atom is -0.483 e. The normalized spacial score (nSPS) is 10.7. The van der Waals surface area contributed by atoms with Crippen LogP contribution in [-0.2, 0) is 6.61 Å². The molecule has 0 saturated heterocycles. The number of rotatable bonds is 4. The zero-order valence-electron chi connectivity index (χ0n) is 10.0. The lowest BCUT2D eigenvalue weighted by atomic mass is 10.3. The monoisotopic (exact) mass is 414 g/mol. The van der Waals surface area contributed by atoms with Gasteiger partial charge >= 0.3 is 0 Å². The molecule has 3 rings (SSSR count). The third-order valence-electron chi connectivity index (χ3n) is 2.44. The fraction of sp³-hybridized carbons (Fsp3) is 0.0769. The van der Waals surface area contributed by atoms with Crippen LogP contribution < -0.4 is 4.74 Å². The van der Waals surface area contributed by atoms with E-state index < -0.39 is 0 Å². The molecule has 0 fully saturated rings. The highest BCUT2D eigenvalue weighted by Gasteiger charge is 2.11. The molecule has 2 aromatic heterocycles. The molecular formula is C13H8Br2N2O2S. The summed E-state index contributed by atoms with van der Waals surface area (Å²) in [6.07, 6.45) is 0. The van der Waals surface area contributed by atoms with Crippen LogP contribution in [0.15, 0.2) is 49.2 Å². The van der Waals surface area contributed by atoms with Crippen molar-refractivity contribution >= 4 is 43.2 Å². The van der Waals surface area contributed by atoms with Crippen molar-refractivity contribution in [1.29, 1.82) is 0 Å². The molecule has 0 spiro atoms. The van der Waals surface area contributed by atoms with Gasteiger partial charge in [0.2, 0.25) is 5.82 Å². The highest BCUT2D eigenvalue weighted by atomic mass is 79.9. The summed E-state index contributed by atoms with van der Waals surface area (Å²) < 4.78 is 12.7. The molecule has 0 atom stereocenters. The topological polar surface area (TPSA) is 48.2 Å². The SMILES string of the molecule is Brc1csc(-c2noc(COc3ccccc3Br)n2)c1. The van der Waals surface area contributed by atoms with E-state index in [1.807, 2.05) is 35.7 Å². The molecule has 0 N–H and O–H groups in total. The van der Waals surface area contributed by atoms with Gasteiger partial charge in [-0.2, -0.15) is 4.98 Å². The van der Waals surface area contributed by atoms with Gasteiger partial charge in [-0.15, -0.1) is 11.3 Å². The summed E-state index contributed by atoms with van der Waals surface area (Å²) in [7, 11) is 0. The molecule has 0 aliphatic heterocycles. The maximum Gasteiger partial charge on any atom is 0.264 e. The number of aromatic nitrogens is 2. The minimum absolute atomic E-state index is 0.238. The van der Waals surface area contributed by atoms with Gasteiger partial charge in [-0.1, -0.05) is 17.3 Å². The Kier molecular flexibility index (Phi) is 4.18. The Hall–Kier alpha value is -1.18. The van der Waals surface area contributed by atoms with Crippen LogP contribution in [-0.4, -0.2) is 10.1 Å². The molecule has 0 unspecified atom stereocenters. The van der Waals surface area contributed by atoms with E-state index in [2.05, 4.69) is 42.0 Å². The molecule has 3 aromatic rings. The molecule has 0 aliphatic carbocycles. The molecule has 1 aromatic carbocycles. The molecule has 102 valence electrons. The van der Waals surface area contributed by atoms with E-state index >= 15 is 0 Å². The molecule has 0 radical (unpaired) electrons. The highest BCUT2D eigenvalue weighted by molar-refractivity contribution is 9.10. The Bertz CT molecular complexity index is 726. The fourth-order valence-electron chi connectivity index (χ4n) is 1.55. The van der Waals surface area contributed by atoms with E-state index in [1.165, 1.54) is 0 Å². The number of hydrogen-bond donors (Lipinski definition) is 0. The van der Waals surface area contributed by atoms with Crippen LogP contribution in [0.25, 0.3) is 10.7 Å². The zero-order valence-corrected chi connectivity index (χ0v) is 14.0. The Balaban J connectivity index is 1.70. The van der Waals surface area contributed by atoms with Gasteiger partial charge in [0.25, 0.3) is 5.89 Å². The first kappa shape index (κ1) is 13.8. The Morgan fingerprint density at radius 2 is 2.10 bits per heavy atom. The van der Waals surface area contributed by atoms with Crippen LogP contribution in [0.4, 0.5) is 0 Å². The van der Waals surface area contributed by atoms with Crippen LogP contribution in [0.1, 0.15) is 5.89 Å². The summed E-state index contributed by atoms with van der Waals surface area (Å²) in [6, 6.07) is 9.57. The molecule has 0 aliphatic rings. The predicted molar refractivity (Wildman–Crippen MR) is 83.8 cm³/mol. The summed E-state index contributed by atoms with van der Waals surface area (Å²) in [5, 5.41) is 5.92. The molecule has 0 saturated carbocycles. The van der Waals surface area contributed by atoms with E-state index in [9.17, 15) is 0 Å². The molecule has 0 bridgehead atoms. The van der Waals surface area contributed by atoms with Gasteiger partial charge in [-0.05, 0) is 50.1 Å². The summed E-state index contributed by atoms with van der Waals surface area (Å²) in [5.74, 6) is 1.76. The lowest BCUT2D eigenvalue weighted by Gasteiger charge is -2.04. The van der Waals surface area contributed by atoms with Crippen LogP contribution in [0, 0.1) is 0 Å². The number of para-hydroxylation sites is 1. The van der Waals surface area contributed by atoms with Crippen LogP contribution in [0.2, 0.25) is 0 Å². The van der Waals surface area contributed by atoms with Crippen molar-refractivity contribution in [2.24, 2.45) is 0 Å². The van der Waals surface area contributed by atoms with Gasteiger partial charge in [0.05, 0.1) is 9.35 Å². The lowest BCUT2D eigenvalue weighted by molar-refractivity contribution is 0.242. The first-order chi connectivity index (χ1) is 9.72. The Morgan fingerprint density at radius 3 is 2.85 bits per heavy atom. The van der Waals surface area contributed by atoms with Gasteiger partial charge in [0.15, 0.2) is 6.61 Å². The summed E-state index contributed by atoms with van der Waals surface area (Å²) in [5.41, 5.74) is 0. The summed E-state index contributed by atoms with van der Waals surface area (Å²) in [6.45, 7) is 0.238. The quantitative estimate of drug-likeness (QED) is 0.607. The molecular weight excluding hydrogens is 408 g/mol. The van der Waals surface area contributed by atoms with Gasteiger partial charge in [0, 0.05) is 9.85 Å². The van der Waals surface area contributed by atoms with Crippen molar-refractivity contribution in [2.75, 3.05) is 0 Å². The van der Waals surface area contributed by atoms with Crippen LogP contribution in [0.5, 0.6) is 5.75 Å². The Morgan fingerprint density at radius 1 is 1.25 bits per heavy atom. The van der Waals surface area contributed by atoms with Crippen molar-refractivity contribution in [2.45, 2.75) is 6.61 Å². The minimum atomic E-state index is 0.238. The second kappa shape index (κ2) is 6.07. The number of benzene rings is 1. The third kappa shape index (κ3) is 3.11. The average molecular weight is 416 g/mol. The van der Waals surface area contributed by atoms with Crippen molar-refractivity contribution in [3.63, 3.8) is 0 Å².